The Balaban J connectivity index is 2.35. The lowest BCUT2D eigenvalue weighted by Crippen LogP contribution is -2.17. The minimum atomic E-state index is -0.278. The van der Waals surface area contributed by atoms with E-state index < -0.39 is 0 Å². The molecule has 0 saturated carbocycles. The predicted molar refractivity (Wildman–Crippen MR) is 89.5 cm³/mol. The van der Waals surface area contributed by atoms with E-state index in [0.717, 1.165) is 22.6 Å². The molecule has 0 aliphatic heterocycles. The second-order valence-electron chi connectivity index (χ2n) is 5.17. The van der Waals surface area contributed by atoms with E-state index in [1.165, 1.54) is 6.92 Å². The summed E-state index contributed by atoms with van der Waals surface area (Å²) in [7, 11) is 0. The number of hydrogen-bond donors (Lipinski definition) is 0. The quantitative estimate of drug-likeness (QED) is 0.737. The molecule has 2 aromatic carbocycles. The van der Waals surface area contributed by atoms with Crippen LogP contribution in [0.3, 0.4) is 0 Å². The second-order valence-corrected chi connectivity index (χ2v) is 5.17. The molecule has 4 nitrogen and oxygen atoms in total. The van der Waals surface area contributed by atoms with Crippen molar-refractivity contribution in [3.63, 3.8) is 0 Å². The number of benzene rings is 2. The highest BCUT2D eigenvalue weighted by Gasteiger charge is 2.18. The summed E-state index contributed by atoms with van der Waals surface area (Å²) in [4.78, 5) is 15.5. The van der Waals surface area contributed by atoms with Gasteiger partial charge in [0, 0.05) is 24.6 Å². The molecule has 0 spiro atoms. The van der Waals surface area contributed by atoms with E-state index in [4.69, 9.17) is 4.42 Å². The van der Waals surface area contributed by atoms with Crippen molar-refractivity contribution < 1.29 is 9.21 Å². The Morgan fingerprint density at radius 1 is 1.00 bits per heavy atom. The van der Waals surface area contributed by atoms with Crippen molar-refractivity contribution in [3.8, 4) is 22.6 Å². The largest absolute Gasteiger partial charge is 0.423 e. The molecule has 0 bridgehead atoms. The Bertz CT molecular complexity index is 875. The van der Waals surface area contributed by atoms with Gasteiger partial charge in [0.25, 0.3) is 0 Å². The molecule has 0 unspecified atom stereocenters. The van der Waals surface area contributed by atoms with Gasteiger partial charge in [-0.3, -0.25) is 9.36 Å². The Morgan fingerprint density at radius 3 is 2.09 bits per heavy atom. The third-order valence-electron chi connectivity index (χ3n) is 3.56. The molecule has 23 heavy (non-hydrogen) atoms. The first kappa shape index (κ1) is 15.0. The van der Waals surface area contributed by atoms with Crippen molar-refractivity contribution in [2.75, 3.05) is 0 Å². The smallest absolute Gasteiger partial charge is 0.305 e. The summed E-state index contributed by atoms with van der Waals surface area (Å²) in [6.07, 6.45) is 0. The topological polar surface area (TPSA) is 47.5 Å². The Labute approximate surface area is 134 Å². The third-order valence-corrected chi connectivity index (χ3v) is 3.56. The second kappa shape index (κ2) is 6.48. The Kier molecular flexibility index (Phi) is 4.24. The summed E-state index contributed by atoms with van der Waals surface area (Å²) in [6, 6.07) is 19.9. The van der Waals surface area contributed by atoms with Gasteiger partial charge < -0.3 is 4.42 Å². The van der Waals surface area contributed by atoms with Crippen LogP contribution in [0.2, 0.25) is 0 Å². The minimum absolute atomic E-state index is 0.278. The number of rotatable bonds is 3. The highest BCUT2D eigenvalue weighted by Crippen LogP contribution is 2.31. The van der Waals surface area contributed by atoms with E-state index in [2.05, 4.69) is 4.99 Å². The van der Waals surface area contributed by atoms with Gasteiger partial charge in [0.1, 0.15) is 0 Å². The molecular formula is C19H18N2O2. The minimum Gasteiger partial charge on any atom is -0.423 e. The number of oxazole rings is 1. The lowest BCUT2D eigenvalue weighted by Gasteiger charge is -2.07. The molecule has 3 aromatic rings. The van der Waals surface area contributed by atoms with Crippen LogP contribution in [-0.4, -0.2) is 10.5 Å². The van der Waals surface area contributed by atoms with E-state index in [0.29, 0.717) is 12.2 Å². The summed E-state index contributed by atoms with van der Waals surface area (Å²) in [5.41, 5.74) is 3.25. The van der Waals surface area contributed by atoms with Crippen LogP contribution in [0.4, 0.5) is 0 Å². The molecule has 0 N–H and O–H groups in total. The highest BCUT2D eigenvalue weighted by molar-refractivity contribution is 5.77. The van der Waals surface area contributed by atoms with Crippen LogP contribution in [0, 0.1) is 0 Å². The number of hydrogen-bond acceptors (Lipinski definition) is 2. The fourth-order valence-corrected chi connectivity index (χ4v) is 2.59. The number of carbonyl (C=O) groups excluding carboxylic acids is 1. The van der Waals surface area contributed by atoms with Crippen molar-refractivity contribution in [3.05, 3.63) is 66.3 Å². The van der Waals surface area contributed by atoms with Gasteiger partial charge >= 0.3 is 5.68 Å². The zero-order valence-electron chi connectivity index (χ0n) is 13.2. The lowest BCUT2D eigenvalue weighted by molar-refractivity contribution is -0.116. The van der Waals surface area contributed by atoms with Gasteiger partial charge in [0.15, 0.2) is 5.76 Å². The molecule has 0 aliphatic rings. The van der Waals surface area contributed by atoms with Crippen molar-refractivity contribution in [2.45, 2.75) is 20.4 Å². The average molecular weight is 306 g/mol. The standard InChI is InChI=1S/C19H18N2O2/c1-3-21-17(15-10-6-4-7-11-15)18(16-12-8-5-9-13-16)23-19(21)20-14(2)22/h4-13H,3H2,1-2H3. The van der Waals surface area contributed by atoms with Crippen molar-refractivity contribution in [2.24, 2.45) is 4.99 Å². The maximum absolute atomic E-state index is 11.4. The molecule has 1 heterocycles. The van der Waals surface area contributed by atoms with E-state index >= 15 is 0 Å². The van der Waals surface area contributed by atoms with E-state index in [-0.39, 0.29) is 5.91 Å². The van der Waals surface area contributed by atoms with E-state index in [9.17, 15) is 4.79 Å². The van der Waals surface area contributed by atoms with Crippen LogP contribution in [-0.2, 0) is 11.3 Å². The Hall–Kier alpha value is -2.88. The van der Waals surface area contributed by atoms with Crippen molar-refractivity contribution in [1.82, 2.24) is 4.57 Å². The van der Waals surface area contributed by atoms with Crippen LogP contribution < -0.4 is 5.68 Å². The highest BCUT2D eigenvalue weighted by atomic mass is 16.4. The normalized spacial score (nSPS) is 11.7. The molecule has 0 fully saturated rings. The molecule has 0 aliphatic carbocycles. The summed E-state index contributed by atoms with van der Waals surface area (Å²) >= 11 is 0. The van der Waals surface area contributed by atoms with Crippen LogP contribution in [0.25, 0.3) is 22.6 Å². The van der Waals surface area contributed by atoms with Crippen LogP contribution in [0.1, 0.15) is 13.8 Å². The predicted octanol–water partition coefficient (Wildman–Crippen LogP) is 3.88. The number of nitrogens with zero attached hydrogens (tertiary/aromatic N) is 2. The van der Waals surface area contributed by atoms with Gasteiger partial charge in [-0.25, -0.2) is 0 Å². The molecule has 0 atom stereocenters. The van der Waals surface area contributed by atoms with E-state index in [1.807, 2.05) is 72.2 Å². The zero-order chi connectivity index (χ0) is 16.2. The first-order chi connectivity index (χ1) is 11.2. The molecular weight excluding hydrogens is 288 g/mol. The van der Waals surface area contributed by atoms with Crippen molar-refractivity contribution >= 4 is 5.91 Å². The molecule has 1 amide bonds. The SMILES string of the molecule is CCn1c(-c2ccccc2)c(-c2ccccc2)oc1=NC(C)=O. The molecule has 3 rings (SSSR count). The lowest BCUT2D eigenvalue weighted by atomic mass is 10.1. The summed E-state index contributed by atoms with van der Waals surface area (Å²) < 4.78 is 7.89. The average Bonchev–Trinajstić information content (AvgIpc) is 2.94. The number of aromatic nitrogens is 1. The summed E-state index contributed by atoms with van der Waals surface area (Å²) in [5, 5.41) is 0. The fourth-order valence-electron chi connectivity index (χ4n) is 2.59. The van der Waals surface area contributed by atoms with Crippen molar-refractivity contribution in [1.29, 1.82) is 0 Å². The van der Waals surface area contributed by atoms with Gasteiger partial charge in [0.2, 0.25) is 5.91 Å². The first-order valence-corrected chi connectivity index (χ1v) is 7.60. The molecule has 1 aromatic heterocycles. The van der Waals surface area contributed by atoms with Gasteiger partial charge in [-0.1, -0.05) is 60.7 Å². The molecule has 116 valence electrons. The zero-order valence-corrected chi connectivity index (χ0v) is 13.2. The molecule has 0 radical (unpaired) electrons. The molecule has 4 heteroatoms. The molecule has 0 saturated heterocycles. The monoisotopic (exact) mass is 306 g/mol. The van der Waals surface area contributed by atoms with Crippen LogP contribution in [0.5, 0.6) is 0 Å². The van der Waals surface area contributed by atoms with Gasteiger partial charge in [0.05, 0.1) is 5.69 Å². The van der Waals surface area contributed by atoms with Gasteiger partial charge in [-0.05, 0) is 6.92 Å². The number of carbonyl (C=O) groups is 1. The first-order valence-electron chi connectivity index (χ1n) is 7.60. The van der Waals surface area contributed by atoms with Gasteiger partial charge in [-0.2, -0.15) is 4.99 Å². The summed E-state index contributed by atoms with van der Waals surface area (Å²) in [6.45, 7) is 4.09. The van der Waals surface area contributed by atoms with Crippen LogP contribution >= 0.6 is 0 Å². The maximum atomic E-state index is 11.4. The summed E-state index contributed by atoms with van der Waals surface area (Å²) in [5.74, 6) is 0.443. The van der Waals surface area contributed by atoms with Gasteiger partial charge in [-0.15, -0.1) is 0 Å². The number of amides is 1. The fraction of sp³-hybridized carbons (Fsp3) is 0.158. The van der Waals surface area contributed by atoms with E-state index in [1.54, 1.807) is 0 Å². The maximum Gasteiger partial charge on any atom is 0.305 e. The Morgan fingerprint density at radius 2 is 1.57 bits per heavy atom. The van der Waals surface area contributed by atoms with Crippen LogP contribution in [0.15, 0.2) is 70.1 Å². The third kappa shape index (κ3) is 3.01.